The highest BCUT2D eigenvalue weighted by atomic mass is 32.2. The molecule has 0 amide bonds. The Hall–Kier alpha value is -0.970. The fourth-order valence-corrected chi connectivity index (χ4v) is 2.47. The summed E-state index contributed by atoms with van der Waals surface area (Å²) in [4.78, 5) is 8.78. The average molecular weight is 252 g/mol. The summed E-state index contributed by atoms with van der Waals surface area (Å²) in [7, 11) is 0. The Balaban J connectivity index is 2.00. The minimum atomic E-state index is 0.456. The minimum absolute atomic E-state index is 0.456. The lowest BCUT2D eigenvalue weighted by Gasteiger charge is -2.14. The summed E-state index contributed by atoms with van der Waals surface area (Å²) < 4.78 is 0.456. The Bertz CT molecular complexity index is 390. The van der Waals surface area contributed by atoms with E-state index in [4.69, 9.17) is 0 Å². The van der Waals surface area contributed by atoms with Gasteiger partial charge in [-0.1, -0.05) is 0 Å². The van der Waals surface area contributed by atoms with Crippen LogP contribution in [0.3, 0.4) is 0 Å². The average Bonchev–Trinajstić information content (AvgIpc) is 3.07. The molecular weight excluding hydrogens is 232 g/mol. The molecule has 0 aliphatic heterocycles. The Labute approximate surface area is 107 Å². The third kappa shape index (κ3) is 3.25. The summed E-state index contributed by atoms with van der Waals surface area (Å²) >= 11 is 1.95. The first-order valence-corrected chi connectivity index (χ1v) is 7.28. The molecule has 1 aliphatic carbocycles. The van der Waals surface area contributed by atoms with Crippen molar-refractivity contribution in [2.45, 2.75) is 31.4 Å². The van der Waals surface area contributed by atoms with Gasteiger partial charge in [-0.15, -0.1) is 0 Å². The largest absolute Gasteiger partial charge is 0.369 e. The zero-order chi connectivity index (χ0) is 12.3. The van der Waals surface area contributed by atoms with Gasteiger partial charge in [0, 0.05) is 29.6 Å². The zero-order valence-corrected chi connectivity index (χ0v) is 11.5. The maximum atomic E-state index is 4.45. The van der Waals surface area contributed by atoms with Crippen LogP contribution in [0.5, 0.6) is 0 Å². The molecule has 0 aromatic carbocycles. The highest BCUT2D eigenvalue weighted by molar-refractivity contribution is 8.00. The molecule has 2 N–H and O–H groups in total. The van der Waals surface area contributed by atoms with Crippen LogP contribution in [0.4, 0.5) is 11.8 Å². The number of aromatic nitrogens is 2. The first kappa shape index (κ1) is 12.5. The third-order valence-electron chi connectivity index (χ3n) is 3.02. The fourth-order valence-electron chi connectivity index (χ4n) is 1.74. The normalized spacial score (nSPS) is 16.6. The second-order valence-electron chi connectivity index (χ2n) is 4.49. The summed E-state index contributed by atoms with van der Waals surface area (Å²) in [5.41, 5.74) is 0.993. The van der Waals surface area contributed by atoms with E-state index < -0.39 is 0 Å². The van der Waals surface area contributed by atoms with Gasteiger partial charge in [-0.2, -0.15) is 16.7 Å². The lowest BCUT2D eigenvalue weighted by Crippen LogP contribution is -2.18. The summed E-state index contributed by atoms with van der Waals surface area (Å²) in [6.07, 6.45) is 4.81. The summed E-state index contributed by atoms with van der Waals surface area (Å²) in [6, 6.07) is 2.00. The highest BCUT2D eigenvalue weighted by Crippen LogP contribution is 2.46. The molecule has 0 saturated heterocycles. The Morgan fingerprint density at radius 1 is 1.35 bits per heavy atom. The lowest BCUT2D eigenvalue weighted by atomic mass is 10.4. The number of nitrogens with one attached hydrogen (secondary N) is 2. The maximum Gasteiger partial charge on any atom is 0.224 e. The first-order chi connectivity index (χ1) is 8.17. The van der Waals surface area contributed by atoms with Crippen LogP contribution in [0.15, 0.2) is 6.07 Å². The van der Waals surface area contributed by atoms with Crippen molar-refractivity contribution < 1.29 is 0 Å². The van der Waals surface area contributed by atoms with Gasteiger partial charge in [0.2, 0.25) is 5.95 Å². The molecule has 94 valence electrons. The number of hydrogen-bond acceptors (Lipinski definition) is 5. The van der Waals surface area contributed by atoms with Gasteiger partial charge in [-0.3, -0.25) is 0 Å². The van der Waals surface area contributed by atoms with Crippen LogP contribution in [-0.2, 0) is 0 Å². The number of aryl methyl sites for hydroxylation is 1. The van der Waals surface area contributed by atoms with Crippen molar-refractivity contribution in [1.82, 2.24) is 9.97 Å². The molecule has 1 saturated carbocycles. The van der Waals surface area contributed by atoms with Crippen LogP contribution in [0, 0.1) is 6.92 Å². The number of rotatable bonds is 6. The van der Waals surface area contributed by atoms with Crippen LogP contribution in [-0.4, -0.2) is 34.1 Å². The van der Waals surface area contributed by atoms with Crippen molar-refractivity contribution in [2.24, 2.45) is 0 Å². The van der Waals surface area contributed by atoms with Gasteiger partial charge in [0.25, 0.3) is 0 Å². The van der Waals surface area contributed by atoms with Gasteiger partial charge in [-0.25, -0.2) is 4.98 Å². The smallest absolute Gasteiger partial charge is 0.224 e. The minimum Gasteiger partial charge on any atom is -0.369 e. The van der Waals surface area contributed by atoms with Crippen LogP contribution in [0.1, 0.15) is 25.5 Å². The van der Waals surface area contributed by atoms with E-state index in [0.29, 0.717) is 10.7 Å². The first-order valence-electron chi connectivity index (χ1n) is 6.06. The van der Waals surface area contributed by atoms with Crippen molar-refractivity contribution >= 4 is 23.5 Å². The van der Waals surface area contributed by atoms with Crippen LogP contribution in [0.25, 0.3) is 0 Å². The number of hydrogen-bond donors (Lipinski definition) is 2. The standard InChI is InChI=1S/C12H20N4S/c1-4-13-11-15-9(2)7-10(16-11)14-8-12(17-3)5-6-12/h7H,4-6,8H2,1-3H3,(H2,13,14,15,16). The number of nitrogens with zero attached hydrogens (tertiary/aromatic N) is 2. The lowest BCUT2D eigenvalue weighted by molar-refractivity contribution is 0.933. The highest BCUT2D eigenvalue weighted by Gasteiger charge is 2.41. The van der Waals surface area contributed by atoms with Gasteiger partial charge in [0.05, 0.1) is 0 Å². The van der Waals surface area contributed by atoms with E-state index in [2.05, 4.69) is 26.9 Å². The van der Waals surface area contributed by atoms with E-state index in [1.165, 1.54) is 12.8 Å². The zero-order valence-electron chi connectivity index (χ0n) is 10.7. The van der Waals surface area contributed by atoms with Gasteiger partial charge < -0.3 is 10.6 Å². The third-order valence-corrected chi connectivity index (χ3v) is 4.44. The van der Waals surface area contributed by atoms with Gasteiger partial charge in [0.15, 0.2) is 0 Å². The quantitative estimate of drug-likeness (QED) is 0.815. The van der Waals surface area contributed by atoms with E-state index in [0.717, 1.165) is 24.6 Å². The summed E-state index contributed by atoms with van der Waals surface area (Å²) in [5.74, 6) is 1.64. The van der Waals surface area contributed by atoms with Gasteiger partial charge >= 0.3 is 0 Å². The molecule has 1 fully saturated rings. The van der Waals surface area contributed by atoms with E-state index in [-0.39, 0.29) is 0 Å². The molecule has 0 unspecified atom stereocenters. The van der Waals surface area contributed by atoms with E-state index in [9.17, 15) is 0 Å². The molecule has 1 heterocycles. The van der Waals surface area contributed by atoms with Crippen LogP contribution in [0.2, 0.25) is 0 Å². The molecule has 1 aliphatic rings. The van der Waals surface area contributed by atoms with Crippen LogP contribution >= 0.6 is 11.8 Å². The SMILES string of the molecule is CCNc1nc(C)cc(NCC2(SC)CC2)n1. The molecule has 0 bridgehead atoms. The van der Waals surface area contributed by atoms with Crippen molar-refractivity contribution in [2.75, 3.05) is 30.0 Å². The predicted octanol–water partition coefficient (Wildman–Crippen LogP) is 2.52. The van der Waals surface area contributed by atoms with Crippen molar-refractivity contribution in [3.05, 3.63) is 11.8 Å². The molecule has 4 nitrogen and oxygen atoms in total. The molecule has 0 atom stereocenters. The molecule has 17 heavy (non-hydrogen) atoms. The van der Waals surface area contributed by atoms with Crippen molar-refractivity contribution in [1.29, 1.82) is 0 Å². The van der Waals surface area contributed by atoms with Gasteiger partial charge in [0.1, 0.15) is 5.82 Å². The molecule has 5 heteroatoms. The Morgan fingerprint density at radius 3 is 2.71 bits per heavy atom. The Morgan fingerprint density at radius 2 is 2.12 bits per heavy atom. The second-order valence-corrected chi connectivity index (χ2v) is 5.76. The molecule has 0 radical (unpaired) electrons. The van der Waals surface area contributed by atoms with Crippen molar-refractivity contribution in [3.63, 3.8) is 0 Å². The predicted molar refractivity (Wildman–Crippen MR) is 74.9 cm³/mol. The number of anilines is 2. The second kappa shape index (κ2) is 5.12. The maximum absolute atomic E-state index is 4.45. The van der Waals surface area contributed by atoms with Crippen LogP contribution < -0.4 is 10.6 Å². The Kier molecular flexibility index (Phi) is 3.76. The molecular formula is C12H20N4S. The number of thioether (sulfide) groups is 1. The molecule has 1 aromatic heterocycles. The van der Waals surface area contributed by atoms with E-state index in [1.807, 2.05) is 31.7 Å². The van der Waals surface area contributed by atoms with Crippen molar-refractivity contribution in [3.8, 4) is 0 Å². The fraction of sp³-hybridized carbons (Fsp3) is 0.667. The molecule has 2 rings (SSSR count). The van der Waals surface area contributed by atoms with E-state index >= 15 is 0 Å². The summed E-state index contributed by atoms with van der Waals surface area (Å²) in [6.45, 7) is 5.88. The monoisotopic (exact) mass is 252 g/mol. The summed E-state index contributed by atoms with van der Waals surface area (Å²) in [5, 5.41) is 6.57. The molecule has 0 spiro atoms. The van der Waals surface area contributed by atoms with Gasteiger partial charge in [-0.05, 0) is 32.9 Å². The molecule has 1 aromatic rings. The topological polar surface area (TPSA) is 49.8 Å². The van der Waals surface area contributed by atoms with E-state index in [1.54, 1.807) is 0 Å².